The van der Waals surface area contributed by atoms with Gasteiger partial charge >= 0.3 is 12.0 Å². The van der Waals surface area contributed by atoms with Gasteiger partial charge in [0.05, 0.1) is 24.9 Å². The molecule has 1 aromatic heterocycles. The molecule has 110 valence electrons. The lowest BCUT2D eigenvalue weighted by atomic mass is 10.4. The summed E-state index contributed by atoms with van der Waals surface area (Å²) in [6, 6.07) is 2.88. The minimum absolute atomic E-state index is 0.0762. The molecule has 3 N–H and O–H groups in total. The average Bonchev–Trinajstić information content (AvgIpc) is 2.40. The zero-order valence-corrected chi connectivity index (χ0v) is 11.4. The van der Waals surface area contributed by atoms with Crippen molar-refractivity contribution in [3.05, 3.63) is 18.3 Å². The Hall–Kier alpha value is -2.31. The predicted molar refractivity (Wildman–Crippen MR) is 73.9 cm³/mol. The van der Waals surface area contributed by atoms with Gasteiger partial charge in [-0.3, -0.25) is 4.79 Å². The van der Waals surface area contributed by atoms with Crippen LogP contribution in [0.5, 0.6) is 5.88 Å². The maximum Gasteiger partial charge on any atom is 0.319 e. The molecule has 20 heavy (non-hydrogen) atoms. The Balaban J connectivity index is 2.33. The van der Waals surface area contributed by atoms with E-state index in [0.717, 1.165) is 12.8 Å². The summed E-state index contributed by atoms with van der Waals surface area (Å²) in [5.74, 6) is -0.448. The number of hydrogen-bond acceptors (Lipinski definition) is 4. The number of aromatic nitrogens is 1. The second-order valence-electron chi connectivity index (χ2n) is 4.11. The van der Waals surface area contributed by atoms with Crippen LogP contribution in [0, 0.1) is 0 Å². The highest BCUT2D eigenvalue weighted by Gasteiger charge is 2.03. The second-order valence-corrected chi connectivity index (χ2v) is 4.11. The maximum absolute atomic E-state index is 11.4. The summed E-state index contributed by atoms with van der Waals surface area (Å²) in [5.41, 5.74) is 0.515. The van der Waals surface area contributed by atoms with Gasteiger partial charge in [0.2, 0.25) is 5.88 Å². The molecule has 0 aliphatic rings. The Morgan fingerprint density at radius 2 is 2.20 bits per heavy atom. The molecule has 0 fully saturated rings. The monoisotopic (exact) mass is 281 g/mol. The van der Waals surface area contributed by atoms with Crippen LogP contribution in [0.1, 0.15) is 26.2 Å². The van der Waals surface area contributed by atoms with E-state index in [1.165, 1.54) is 6.20 Å². The lowest BCUT2D eigenvalue weighted by molar-refractivity contribution is -0.136. The SMILES string of the molecule is CCCCOc1ccc(NC(=O)NCCC(=O)O)cn1. The van der Waals surface area contributed by atoms with Crippen LogP contribution in [0.2, 0.25) is 0 Å². The summed E-state index contributed by atoms with van der Waals surface area (Å²) in [6.07, 6.45) is 3.39. The zero-order chi connectivity index (χ0) is 14.8. The van der Waals surface area contributed by atoms with Crippen LogP contribution < -0.4 is 15.4 Å². The molecule has 1 rings (SSSR count). The molecule has 0 saturated heterocycles. The number of rotatable bonds is 8. The molecule has 1 heterocycles. The molecule has 0 atom stereocenters. The first-order valence-corrected chi connectivity index (χ1v) is 6.47. The van der Waals surface area contributed by atoms with E-state index in [4.69, 9.17) is 9.84 Å². The van der Waals surface area contributed by atoms with E-state index in [1.807, 2.05) is 0 Å². The van der Waals surface area contributed by atoms with Gasteiger partial charge in [0, 0.05) is 12.6 Å². The summed E-state index contributed by atoms with van der Waals surface area (Å²) < 4.78 is 5.39. The summed E-state index contributed by atoms with van der Waals surface area (Å²) >= 11 is 0. The minimum atomic E-state index is -0.958. The van der Waals surface area contributed by atoms with E-state index in [1.54, 1.807) is 12.1 Å². The van der Waals surface area contributed by atoms with E-state index in [2.05, 4.69) is 22.5 Å². The van der Waals surface area contributed by atoms with Gasteiger partial charge in [-0.25, -0.2) is 9.78 Å². The van der Waals surface area contributed by atoms with E-state index in [9.17, 15) is 9.59 Å². The number of unbranched alkanes of at least 4 members (excludes halogenated alkanes) is 1. The summed E-state index contributed by atoms with van der Waals surface area (Å²) in [6.45, 7) is 2.77. The van der Waals surface area contributed by atoms with E-state index >= 15 is 0 Å². The molecule has 0 aromatic carbocycles. The number of ether oxygens (including phenoxy) is 1. The summed E-state index contributed by atoms with van der Waals surface area (Å²) in [7, 11) is 0. The highest BCUT2D eigenvalue weighted by atomic mass is 16.5. The number of nitrogens with one attached hydrogen (secondary N) is 2. The Labute approximate surface area is 117 Å². The quantitative estimate of drug-likeness (QED) is 0.631. The third-order valence-electron chi connectivity index (χ3n) is 2.37. The van der Waals surface area contributed by atoms with Gasteiger partial charge in [0.1, 0.15) is 0 Å². The van der Waals surface area contributed by atoms with E-state index in [-0.39, 0.29) is 13.0 Å². The third-order valence-corrected chi connectivity index (χ3v) is 2.37. The van der Waals surface area contributed by atoms with Crippen molar-refractivity contribution < 1.29 is 19.4 Å². The van der Waals surface area contributed by atoms with Crippen molar-refractivity contribution in [3.8, 4) is 5.88 Å². The summed E-state index contributed by atoms with van der Waals surface area (Å²) in [4.78, 5) is 25.8. The number of carbonyl (C=O) groups excluding carboxylic acids is 1. The van der Waals surface area contributed by atoms with Gasteiger partial charge in [-0.2, -0.15) is 0 Å². The minimum Gasteiger partial charge on any atom is -0.481 e. The molecule has 0 unspecified atom stereocenters. The molecular formula is C13H19N3O4. The van der Waals surface area contributed by atoms with Crippen molar-refractivity contribution in [2.75, 3.05) is 18.5 Å². The number of anilines is 1. The molecule has 7 heteroatoms. The van der Waals surface area contributed by atoms with Crippen LogP contribution in [0.3, 0.4) is 0 Å². The number of carboxylic acid groups (broad SMARTS) is 1. The highest BCUT2D eigenvalue weighted by molar-refractivity contribution is 5.89. The van der Waals surface area contributed by atoms with Gasteiger partial charge in [-0.1, -0.05) is 13.3 Å². The fraction of sp³-hybridized carbons (Fsp3) is 0.462. The number of nitrogens with zero attached hydrogens (tertiary/aromatic N) is 1. The second kappa shape index (κ2) is 8.73. The molecule has 0 aliphatic carbocycles. The number of carbonyl (C=O) groups is 2. The number of pyridine rings is 1. The topological polar surface area (TPSA) is 101 Å². The largest absolute Gasteiger partial charge is 0.481 e. The first-order chi connectivity index (χ1) is 9.61. The molecule has 0 aliphatic heterocycles. The van der Waals surface area contributed by atoms with Gasteiger partial charge in [-0.15, -0.1) is 0 Å². The maximum atomic E-state index is 11.4. The first-order valence-electron chi connectivity index (χ1n) is 6.47. The standard InChI is InChI=1S/C13H19N3O4/c1-2-3-8-20-11-5-4-10(9-15-11)16-13(19)14-7-6-12(17)18/h4-5,9H,2-3,6-8H2,1H3,(H,17,18)(H2,14,16,19). The van der Waals surface area contributed by atoms with E-state index in [0.29, 0.717) is 18.2 Å². The molecule has 0 spiro atoms. The molecule has 7 nitrogen and oxygen atoms in total. The summed E-state index contributed by atoms with van der Waals surface area (Å²) in [5, 5.41) is 13.4. The Kier molecular flexibility index (Phi) is 6.88. The lowest BCUT2D eigenvalue weighted by Gasteiger charge is -2.07. The molecule has 2 amide bonds. The number of urea groups is 1. The van der Waals surface area contributed by atoms with Gasteiger partial charge < -0.3 is 20.5 Å². The van der Waals surface area contributed by atoms with Crippen molar-refractivity contribution in [3.63, 3.8) is 0 Å². The molecule has 0 radical (unpaired) electrons. The van der Waals surface area contributed by atoms with Crippen LogP contribution >= 0.6 is 0 Å². The predicted octanol–water partition coefficient (Wildman–Crippen LogP) is 1.86. The average molecular weight is 281 g/mol. The van der Waals surface area contributed by atoms with Gasteiger partial charge in [0.15, 0.2) is 0 Å². The van der Waals surface area contributed by atoms with Crippen molar-refractivity contribution >= 4 is 17.7 Å². The van der Waals surface area contributed by atoms with Gasteiger partial charge in [0.25, 0.3) is 0 Å². The molecular weight excluding hydrogens is 262 g/mol. The highest BCUT2D eigenvalue weighted by Crippen LogP contribution is 2.11. The zero-order valence-electron chi connectivity index (χ0n) is 11.4. The van der Waals surface area contributed by atoms with Crippen LogP contribution in [0.25, 0.3) is 0 Å². The molecule has 1 aromatic rings. The Morgan fingerprint density at radius 1 is 1.40 bits per heavy atom. The van der Waals surface area contributed by atoms with Crippen LogP contribution in [-0.2, 0) is 4.79 Å². The van der Waals surface area contributed by atoms with Crippen molar-refractivity contribution in [1.82, 2.24) is 10.3 Å². The van der Waals surface area contributed by atoms with Crippen molar-refractivity contribution in [2.24, 2.45) is 0 Å². The number of amides is 2. The molecule has 0 bridgehead atoms. The van der Waals surface area contributed by atoms with Gasteiger partial charge in [-0.05, 0) is 12.5 Å². The van der Waals surface area contributed by atoms with E-state index < -0.39 is 12.0 Å². The first kappa shape index (κ1) is 15.7. The third kappa shape index (κ3) is 6.58. The van der Waals surface area contributed by atoms with Crippen LogP contribution in [0.4, 0.5) is 10.5 Å². The van der Waals surface area contributed by atoms with Crippen LogP contribution in [0.15, 0.2) is 18.3 Å². The fourth-order valence-electron chi connectivity index (χ4n) is 1.32. The van der Waals surface area contributed by atoms with Crippen LogP contribution in [-0.4, -0.2) is 35.2 Å². The Bertz CT molecular complexity index is 434. The Morgan fingerprint density at radius 3 is 2.80 bits per heavy atom. The number of aliphatic carboxylic acids is 1. The number of carboxylic acids is 1. The lowest BCUT2D eigenvalue weighted by Crippen LogP contribution is -2.30. The van der Waals surface area contributed by atoms with Crippen molar-refractivity contribution in [2.45, 2.75) is 26.2 Å². The number of hydrogen-bond donors (Lipinski definition) is 3. The normalized spacial score (nSPS) is 9.85. The smallest absolute Gasteiger partial charge is 0.319 e. The van der Waals surface area contributed by atoms with Crippen molar-refractivity contribution in [1.29, 1.82) is 0 Å². The fourth-order valence-corrected chi connectivity index (χ4v) is 1.32. The molecule has 0 saturated carbocycles.